The van der Waals surface area contributed by atoms with E-state index in [-0.39, 0.29) is 12.6 Å². The molecule has 0 spiro atoms. The van der Waals surface area contributed by atoms with Gasteiger partial charge in [0.2, 0.25) is 5.91 Å². The smallest absolute Gasteiger partial charge is 0.232 e. The first-order chi connectivity index (χ1) is 9.41. The fraction of sp³-hybridized carbons (Fsp3) is 0.462. The zero-order chi connectivity index (χ0) is 14.9. The standard InChI is InChI=1S/C13H14F4N2O/c14-7-5-8(15)10(17)11(9(7)16)19-12(20)13(6-18)3-1-2-4-13/h5H,1-4,6,18H2,(H,19,20). The van der Waals surface area contributed by atoms with E-state index in [1.165, 1.54) is 0 Å². The zero-order valence-electron chi connectivity index (χ0n) is 10.6. The Hall–Kier alpha value is -1.63. The third-order valence-electron chi connectivity index (χ3n) is 3.78. The average molecular weight is 290 g/mol. The molecular weight excluding hydrogens is 276 g/mol. The van der Waals surface area contributed by atoms with Gasteiger partial charge in [0.05, 0.1) is 5.41 Å². The van der Waals surface area contributed by atoms with Crippen molar-refractivity contribution in [2.75, 3.05) is 11.9 Å². The van der Waals surface area contributed by atoms with Gasteiger partial charge in [0.25, 0.3) is 0 Å². The van der Waals surface area contributed by atoms with Gasteiger partial charge in [0.15, 0.2) is 23.3 Å². The van der Waals surface area contributed by atoms with Crippen LogP contribution in [0.3, 0.4) is 0 Å². The van der Waals surface area contributed by atoms with Gasteiger partial charge in [-0.25, -0.2) is 17.6 Å². The Bertz CT molecular complexity index is 515. The minimum Gasteiger partial charge on any atom is -0.329 e. The van der Waals surface area contributed by atoms with Crippen LogP contribution in [0.25, 0.3) is 0 Å². The molecule has 0 saturated heterocycles. The minimum absolute atomic E-state index is 0.0138. The minimum atomic E-state index is -1.62. The molecule has 110 valence electrons. The van der Waals surface area contributed by atoms with Crippen LogP contribution < -0.4 is 11.1 Å². The molecule has 1 amide bonds. The molecule has 2 rings (SSSR count). The Labute approximate surface area is 113 Å². The molecule has 1 aromatic carbocycles. The lowest BCUT2D eigenvalue weighted by atomic mass is 9.85. The first-order valence-electron chi connectivity index (χ1n) is 6.26. The number of carbonyl (C=O) groups is 1. The molecule has 7 heteroatoms. The van der Waals surface area contributed by atoms with Crippen LogP contribution in [0.5, 0.6) is 0 Å². The topological polar surface area (TPSA) is 55.1 Å². The molecule has 3 N–H and O–H groups in total. The van der Waals surface area contributed by atoms with Gasteiger partial charge in [-0.05, 0) is 12.8 Å². The van der Waals surface area contributed by atoms with Gasteiger partial charge in [-0.1, -0.05) is 12.8 Å². The summed E-state index contributed by atoms with van der Waals surface area (Å²) in [7, 11) is 0. The van der Waals surface area contributed by atoms with Crippen LogP contribution >= 0.6 is 0 Å². The molecule has 1 aromatic rings. The molecule has 0 atom stereocenters. The summed E-state index contributed by atoms with van der Waals surface area (Å²) in [4.78, 5) is 12.1. The number of hydrogen-bond donors (Lipinski definition) is 2. The molecule has 0 radical (unpaired) electrons. The second kappa shape index (κ2) is 5.40. The van der Waals surface area contributed by atoms with Gasteiger partial charge in [-0.15, -0.1) is 0 Å². The van der Waals surface area contributed by atoms with Crippen molar-refractivity contribution in [2.24, 2.45) is 11.1 Å². The van der Waals surface area contributed by atoms with Crippen LogP contribution in [0, 0.1) is 28.7 Å². The highest BCUT2D eigenvalue weighted by Gasteiger charge is 2.40. The van der Waals surface area contributed by atoms with Crippen molar-refractivity contribution in [3.63, 3.8) is 0 Å². The summed E-state index contributed by atoms with van der Waals surface area (Å²) in [5.74, 6) is -7.08. The Morgan fingerprint density at radius 3 is 2.10 bits per heavy atom. The molecule has 0 unspecified atom stereocenters. The Kier molecular flexibility index (Phi) is 3.99. The molecule has 1 fully saturated rings. The maximum atomic E-state index is 13.5. The van der Waals surface area contributed by atoms with Crippen molar-refractivity contribution in [1.29, 1.82) is 0 Å². The Morgan fingerprint density at radius 2 is 1.65 bits per heavy atom. The number of amides is 1. The Morgan fingerprint density at radius 1 is 1.15 bits per heavy atom. The molecule has 20 heavy (non-hydrogen) atoms. The highest BCUT2D eigenvalue weighted by Crippen LogP contribution is 2.38. The van der Waals surface area contributed by atoms with Gasteiger partial charge in [0.1, 0.15) is 5.69 Å². The summed E-state index contributed by atoms with van der Waals surface area (Å²) in [6, 6.07) is 0.0919. The highest BCUT2D eigenvalue weighted by atomic mass is 19.2. The molecule has 1 aliphatic rings. The van der Waals surface area contributed by atoms with Crippen molar-refractivity contribution in [3.05, 3.63) is 29.3 Å². The van der Waals surface area contributed by atoms with Crippen LogP contribution in [-0.4, -0.2) is 12.5 Å². The van der Waals surface area contributed by atoms with Crippen LogP contribution in [0.15, 0.2) is 6.07 Å². The summed E-state index contributed by atoms with van der Waals surface area (Å²) in [5.41, 5.74) is 3.53. The lowest BCUT2D eigenvalue weighted by Crippen LogP contribution is -2.40. The van der Waals surface area contributed by atoms with Crippen molar-refractivity contribution in [2.45, 2.75) is 25.7 Å². The second-order valence-electron chi connectivity index (χ2n) is 4.99. The molecule has 0 heterocycles. The normalized spacial score (nSPS) is 17.2. The third-order valence-corrected chi connectivity index (χ3v) is 3.78. The number of carbonyl (C=O) groups excluding carboxylic acids is 1. The maximum Gasteiger partial charge on any atom is 0.232 e. The van der Waals surface area contributed by atoms with Crippen molar-refractivity contribution < 1.29 is 22.4 Å². The molecular formula is C13H14F4N2O. The number of halogens is 4. The Balaban J connectivity index is 2.33. The average Bonchev–Trinajstić information content (AvgIpc) is 2.91. The SMILES string of the molecule is NCC1(C(=O)Nc2c(F)c(F)cc(F)c2F)CCCC1. The molecule has 0 aliphatic heterocycles. The van der Waals surface area contributed by atoms with Crippen molar-refractivity contribution in [1.82, 2.24) is 0 Å². The number of anilines is 1. The van der Waals surface area contributed by atoms with Gasteiger partial charge < -0.3 is 11.1 Å². The van der Waals surface area contributed by atoms with E-state index in [2.05, 4.69) is 0 Å². The number of nitrogens with two attached hydrogens (primary N) is 1. The summed E-state index contributed by atoms with van der Waals surface area (Å²) in [6.45, 7) is 0.0138. The predicted molar refractivity (Wildman–Crippen MR) is 64.9 cm³/mol. The molecule has 1 aliphatic carbocycles. The van der Waals surface area contributed by atoms with Crippen LogP contribution in [0.4, 0.5) is 23.2 Å². The molecule has 0 aromatic heterocycles. The summed E-state index contributed by atoms with van der Waals surface area (Å²) >= 11 is 0. The monoisotopic (exact) mass is 290 g/mol. The van der Waals surface area contributed by atoms with Crippen molar-refractivity contribution in [3.8, 4) is 0 Å². The molecule has 1 saturated carbocycles. The van der Waals surface area contributed by atoms with E-state index in [0.717, 1.165) is 12.8 Å². The lowest BCUT2D eigenvalue weighted by molar-refractivity contribution is -0.124. The van der Waals surface area contributed by atoms with Crippen LogP contribution in [0.1, 0.15) is 25.7 Å². The first kappa shape index (κ1) is 14.8. The highest BCUT2D eigenvalue weighted by molar-refractivity contribution is 5.96. The number of hydrogen-bond acceptors (Lipinski definition) is 2. The van der Waals surface area contributed by atoms with E-state index >= 15 is 0 Å². The summed E-state index contributed by atoms with van der Waals surface area (Å²) in [6.07, 6.45) is 2.51. The van der Waals surface area contributed by atoms with Gasteiger partial charge in [-0.3, -0.25) is 4.79 Å². The number of rotatable bonds is 3. The number of nitrogens with one attached hydrogen (secondary N) is 1. The van der Waals surface area contributed by atoms with Gasteiger partial charge in [0, 0.05) is 12.6 Å². The number of benzene rings is 1. The van der Waals surface area contributed by atoms with E-state index in [4.69, 9.17) is 5.73 Å². The van der Waals surface area contributed by atoms with E-state index in [9.17, 15) is 22.4 Å². The maximum absolute atomic E-state index is 13.5. The molecule has 0 bridgehead atoms. The second-order valence-corrected chi connectivity index (χ2v) is 4.99. The van der Waals surface area contributed by atoms with E-state index in [1.807, 2.05) is 5.32 Å². The summed E-state index contributed by atoms with van der Waals surface area (Å²) < 4.78 is 53.1. The van der Waals surface area contributed by atoms with E-state index < -0.39 is 40.3 Å². The fourth-order valence-corrected chi connectivity index (χ4v) is 2.50. The third kappa shape index (κ3) is 2.37. The first-order valence-corrected chi connectivity index (χ1v) is 6.26. The van der Waals surface area contributed by atoms with Crippen LogP contribution in [-0.2, 0) is 4.79 Å². The largest absolute Gasteiger partial charge is 0.329 e. The van der Waals surface area contributed by atoms with Crippen molar-refractivity contribution >= 4 is 11.6 Å². The van der Waals surface area contributed by atoms with E-state index in [0.29, 0.717) is 12.8 Å². The molecule has 3 nitrogen and oxygen atoms in total. The van der Waals surface area contributed by atoms with Gasteiger partial charge in [-0.2, -0.15) is 0 Å². The summed E-state index contributed by atoms with van der Waals surface area (Å²) in [5, 5.41) is 1.94. The lowest BCUT2D eigenvalue weighted by Gasteiger charge is -2.26. The predicted octanol–water partition coefficient (Wildman–Crippen LogP) is 2.70. The van der Waals surface area contributed by atoms with E-state index in [1.54, 1.807) is 0 Å². The fourth-order valence-electron chi connectivity index (χ4n) is 2.50. The zero-order valence-corrected chi connectivity index (χ0v) is 10.6. The quantitative estimate of drug-likeness (QED) is 0.664. The van der Waals surface area contributed by atoms with Crippen LogP contribution in [0.2, 0.25) is 0 Å². The van der Waals surface area contributed by atoms with Gasteiger partial charge >= 0.3 is 0 Å².